The number of thioether (sulfide) groups is 1. The molecule has 2 fully saturated rings. The average Bonchev–Trinajstić information content (AvgIpc) is 3.25. The Labute approximate surface area is 262 Å². The molecule has 0 spiro atoms. The van der Waals surface area contributed by atoms with E-state index in [1.165, 1.54) is 16.7 Å². The lowest BCUT2D eigenvalue weighted by Crippen LogP contribution is -2.40. The second-order valence-electron chi connectivity index (χ2n) is 9.47. The maximum Gasteiger partial charge on any atom is 0.266 e. The lowest BCUT2D eigenvalue weighted by atomic mass is 10.1. The zero-order valence-electron chi connectivity index (χ0n) is 23.1. The van der Waals surface area contributed by atoms with E-state index in [0.29, 0.717) is 75.2 Å². The number of ether oxygens (including phenoxy) is 3. The highest BCUT2D eigenvalue weighted by atomic mass is 79.9. The largest absolute Gasteiger partial charge is 0.490 e. The Kier molecular flexibility index (Phi) is 9.89. The van der Waals surface area contributed by atoms with Crippen LogP contribution in [0.2, 0.25) is 5.02 Å². The van der Waals surface area contributed by atoms with Gasteiger partial charge in [-0.1, -0.05) is 35.9 Å². The van der Waals surface area contributed by atoms with Crippen molar-refractivity contribution in [3.8, 4) is 11.5 Å². The van der Waals surface area contributed by atoms with Crippen molar-refractivity contribution in [2.75, 3.05) is 40.0 Å². The van der Waals surface area contributed by atoms with E-state index in [9.17, 15) is 9.59 Å². The van der Waals surface area contributed by atoms with Crippen LogP contribution in [0, 0.1) is 0 Å². The summed E-state index contributed by atoms with van der Waals surface area (Å²) in [4.78, 5) is 34.6. The fourth-order valence-electron chi connectivity index (χ4n) is 4.41. The van der Waals surface area contributed by atoms with E-state index in [2.05, 4.69) is 15.9 Å². The Bertz CT molecular complexity index is 1560. The minimum atomic E-state index is -0.174. The summed E-state index contributed by atoms with van der Waals surface area (Å²) in [5.41, 5.74) is 2.77. The van der Waals surface area contributed by atoms with Crippen LogP contribution in [0.4, 0.5) is 5.69 Å². The number of rotatable bonds is 8. The summed E-state index contributed by atoms with van der Waals surface area (Å²) in [6.45, 7) is 4.81. The number of nitrogens with zero attached hydrogens (tertiary/aromatic N) is 3. The third kappa shape index (κ3) is 7.00. The summed E-state index contributed by atoms with van der Waals surface area (Å²) in [5, 5.41) is 1.15. The van der Waals surface area contributed by atoms with Crippen LogP contribution < -0.4 is 9.47 Å². The molecule has 0 radical (unpaired) electrons. The quantitative estimate of drug-likeness (QED) is 0.246. The molecule has 2 amide bonds. The first-order valence-electron chi connectivity index (χ1n) is 13.4. The van der Waals surface area contributed by atoms with Gasteiger partial charge in [-0.25, -0.2) is 4.99 Å². The van der Waals surface area contributed by atoms with E-state index in [1.807, 2.05) is 49.4 Å². The van der Waals surface area contributed by atoms with Crippen molar-refractivity contribution in [3.05, 3.63) is 91.8 Å². The van der Waals surface area contributed by atoms with Gasteiger partial charge in [0, 0.05) is 36.3 Å². The molecule has 0 unspecified atom stereocenters. The van der Waals surface area contributed by atoms with E-state index < -0.39 is 0 Å². The molecule has 3 aromatic rings. The van der Waals surface area contributed by atoms with E-state index in [0.717, 1.165) is 11.1 Å². The van der Waals surface area contributed by atoms with Gasteiger partial charge in [0.05, 0.1) is 34.9 Å². The maximum absolute atomic E-state index is 13.1. The van der Waals surface area contributed by atoms with Gasteiger partial charge in [0.15, 0.2) is 16.7 Å². The van der Waals surface area contributed by atoms with Crippen molar-refractivity contribution >= 4 is 68.0 Å². The van der Waals surface area contributed by atoms with Gasteiger partial charge in [-0.2, -0.15) is 0 Å². The number of likely N-dealkylation sites (N-methyl/N-ethyl adjacent to an activating group) is 1. The molecule has 0 atom stereocenters. The topological polar surface area (TPSA) is 80.7 Å². The van der Waals surface area contributed by atoms with Crippen LogP contribution in [0.5, 0.6) is 11.5 Å². The highest BCUT2D eigenvalue weighted by Crippen LogP contribution is 2.40. The molecule has 3 aromatic carbocycles. The number of amides is 2. The molecule has 0 saturated carbocycles. The lowest BCUT2D eigenvalue weighted by molar-refractivity contribution is -0.121. The third-order valence-electron chi connectivity index (χ3n) is 6.58. The van der Waals surface area contributed by atoms with Crippen LogP contribution in [-0.2, 0) is 16.1 Å². The van der Waals surface area contributed by atoms with Crippen molar-refractivity contribution in [1.29, 1.82) is 0 Å². The van der Waals surface area contributed by atoms with E-state index in [4.69, 9.17) is 30.8 Å². The van der Waals surface area contributed by atoms with Gasteiger partial charge in [0.25, 0.3) is 11.8 Å². The van der Waals surface area contributed by atoms with E-state index in [1.54, 1.807) is 36.2 Å². The number of carbonyl (C=O) groups is 2. The van der Waals surface area contributed by atoms with Gasteiger partial charge in [-0.05, 0) is 82.7 Å². The normalized spacial score (nSPS) is 17.3. The zero-order chi connectivity index (χ0) is 29.6. The Morgan fingerprint density at radius 2 is 1.90 bits per heavy atom. The fraction of sp³-hybridized carbons (Fsp3) is 0.258. The number of amidine groups is 1. The summed E-state index contributed by atoms with van der Waals surface area (Å²) < 4.78 is 18.0. The SMILES string of the molecule is CCOc1cc(/C=C2/SC(=Nc3cccc(C(=O)N4CCOCC4)c3)N(C)C2=O)cc(Br)c1OCc1ccccc1Cl. The van der Waals surface area contributed by atoms with Gasteiger partial charge in [-0.15, -0.1) is 0 Å². The molecule has 0 N–H and O–H groups in total. The molecular weight excluding hydrogens is 642 g/mol. The van der Waals surface area contributed by atoms with Crippen molar-refractivity contribution < 1.29 is 23.8 Å². The summed E-state index contributed by atoms with van der Waals surface area (Å²) in [5.74, 6) is 0.868. The number of morpholine rings is 1. The molecule has 0 aromatic heterocycles. The molecule has 2 aliphatic rings. The second-order valence-corrected chi connectivity index (χ2v) is 11.7. The monoisotopic (exact) mass is 669 g/mol. The van der Waals surface area contributed by atoms with Crippen LogP contribution in [0.25, 0.3) is 6.08 Å². The Morgan fingerprint density at radius 3 is 2.67 bits per heavy atom. The van der Waals surface area contributed by atoms with Crippen LogP contribution in [0.1, 0.15) is 28.4 Å². The molecule has 0 aliphatic carbocycles. The van der Waals surface area contributed by atoms with Gasteiger partial charge in [0.1, 0.15) is 6.61 Å². The number of halogens is 2. The van der Waals surface area contributed by atoms with Gasteiger partial charge >= 0.3 is 0 Å². The number of aliphatic imine (C=N–C) groups is 1. The summed E-state index contributed by atoms with van der Waals surface area (Å²) in [7, 11) is 1.69. The Morgan fingerprint density at radius 1 is 1.12 bits per heavy atom. The lowest BCUT2D eigenvalue weighted by Gasteiger charge is -2.26. The number of hydrogen-bond donors (Lipinski definition) is 0. The maximum atomic E-state index is 13.1. The van der Waals surface area contributed by atoms with E-state index >= 15 is 0 Å². The molecule has 2 aliphatic heterocycles. The van der Waals surface area contributed by atoms with Crippen molar-refractivity contribution in [2.45, 2.75) is 13.5 Å². The highest BCUT2D eigenvalue weighted by Gasteiger charge is 2.31. The molecule has 42 heavy (non-hydrogen) atoms. The first-order chi connectivity index (χ1) is 20.3. The zero-order valence-corrected chi connectivity index (χ0v) is 26.3. The molecule has 8 nitrogen and oxygen atoms in total. The summed E-state index contributed by atoms with van der Waals surface area (Å²) >= 11 is 11.2. The van der Waals surface area contributed by atoms with Crippen LogP contribution >= 0.6 is 39.3 Å². The van der Waals surface area contributed by atoms with Crippen LogP contribution in [-0.4, -0.2) is 66.7 Å². The standard InChI is InChI=1S/C31H29BrClN3O5S/c1-3-40-26-16-20(15-24(32)28(26)41-19-22-7-4-5-10-25(22)33)17-27-30(38)35(2)31(42-27)34-23-9-6-8-21(18-23)29(37)36-11-13-39-14-12-36/h4-10,15-18H,3,11-14,19H2,1-2H3/b27-17+,34-31?. The molecular formula is C31H29BrClN3O5S. The number of hydrogen-bond acceptors (Lipinski definition) is 7. The van der Waals surface area contributed by atoms with Crippen LogP contribution in [0.3, 0.4) is 0 Å². The molecule has 2 heterocycles. The van der Waals surface area contributed by atoms with Crippen molar-refractivity contribution in [3.63, 3.8) is 0 Å². The first-order valence-corrected chi connectivity index (χ1v) is 15.4. The summed E-state index contributed by atoms with van der Waals surface area (Å²) in [6, 6.07) is 18.4. The van der Waals surface area contributed by atoms with Crippen molar-refractivity contribution in [2.24, 2.45) is 4.99 Å². The van der Waals surface area contributed by atoms with Gasteiger partial charge < -0.3 is 19.1 Å². The summed E-state index contributed by atoms with van der Waals surface area (Å²) in [6.07, 6.45) is 1.80. The molecule has 218 valence electrons. The minimum Gasteiger partial charge on any atom is -0.490 e. The number of benzene rings is 3. The Balaban J connectivity index is 1.36. The molecule has 0 bridgehead atoms. The van der Waals surface area contributed by atoms with Gasteiger partial charge in [0.2, 0.25) is 0 Å². The third-order valence-corrected chi connectivity index (χ3v) is 8.60. The van der Waals surface area contributed by atoms with Gasteiger partial charge in [-0.3, -0.25) is 14.5 Å². The first kappa shape index (κ1) is 30.2. The molecule has 11 heteroatoms. The predicted molar refractivity (Wildman–Crippen MR) is 170 cm³/mol. The predicted octanol–water partition coefficient (Wildman–Crippen LogP) is 6.79. The molecule has 2 saturated heterocycles. The van der Waals surface area contributed by atoms with E-state index in [-0.39, 0.29) is 18.4 Å². The smallest absolute Gasteiger partial charge is 0.266 e. The average molecular weight is 671 g/mol. The molecule has 5 rings (SSSR count). The van der Waals surface area contributed by atoms with Crippen LogP contribution in [0.15, 0.2) is 75.0 Å². The minimum absolute atomic E-state index is 0.0561. The van der Waals surface area contributed by atoms with Crippen molar-refractivity contribution in [1.82, 2.24) is 9.80 Å². The number of carbonyl (C=O) groups excluding carboxylic acids is 2. The highest BCUT2D eigenvalue weighted by molar-refractivity contribution is 9.10. The fourth-order valence-corrected chi connectivity index (χ4v) is 6.16. The Hall–Kier alpha value is -3.31. The second kappa shape index (κ2) is 13.8.